The molecule has 0 radical (unpaired) electrons. The Labute approximate surface area is 114 Å². The van der Waals surface area contributed by atoms with Gasteiger partial charge in [-0.1, -0.05) is 6.92 Å². The van der Waals surface area contributed by atoms with Crippen LogP contribution in [0.3, 0.4) is 0 Å². The molecule has 0 saturated heterocycles. The van der Waals surface area contributed by atoms with Crippen LogP contribution in [-0.2, 0) is 6.54 Å². The zero-order valence-corrected chi connectivity index (χ0v) is 12.4. The fourth-order valence-corrected chi connectivity index (χ4v) is 3.13. The van der Waals surface area contributed by atoms with Gasteiger partial charge in [0.2, 0.25) is 0 Å². The molecule has 2 heterocycles. The van der Waals surface area contributed by atoms with Gasteiger partial charge in [-0.15, -0.1) is 11.3 Å². The summed E-state index contributed by atoms with van der Waals surface area (Å²) >= 11 is 5.24. The van der Waals surface area contributed by atoms with E-state index < -0.39 is 0 Å². The molecule has 2 rings (SSSR count). The number of aromatic nitrogens is 2. The molecule has 0 fully saturated rings. The molecule has 1 atom stereocenters. The Morgan fingerprint density at radius 3 is 2.94 bits per heavy atom. The molecule has 0 aliphatic heterocycles. The fraction of sp³-hybridized carbons (Fsp3) is 0.417. The van der Waals surface area contributed by atoms with Crippen LogP contribution in [0.2, 0.25) is 0 Å². The van der Waals surface area contributed by atoms with Crippen molar-refractivity contribution in [1.29, 1.82) is 0 Å². The number of thiophene rings is 1. The van der Waals surface area contributed by atoms with E-state index in [1.54, 1.807) is 11.3 Å². The first-order valence-corrected chi connectivity index (χ1v) is 7.42. The molecule has 2 aromatic heterocycles. The molecule has 0 aliphatic rings. The molecule has 0 spiro atoms. The van der Waals surface area contributed by atoms with Crippen molar-refractivity contribution in [3.8, 4) is 0 Å². The Bertz CT molecular complexity index is 478. The first kappa shape index (κ1) is 12.8. The zero-order chi connectivity index (χ0) is 12.3. The van der Waals surface area contributed by atoms with Gasteiger partial charge in [0.05, 0.1) is 15.5 Å². The first-order valence-electron chi connectivity index (χ1n) is 5.75. The quantitative estimate of drug-likeness (QED) is 0.916. The lowest BCUT2D eigenvalue weighted by atomic mass is 10.1. The molecule has 0 aliphatic carbocycles. The molecule has 92 valence electrons. The van der Waals surface area contributed by atoms with Gasteiger partial charge in [-0.25, -0.2) is 0 Å². The summed E-state index contributed by atoms with van der Waals surface area (Å²) in [6.07, 6.45) is 1.87. The van der Waals surface area contributed by atoms with E-state index in [4.69, 9.17) is 0 Å². The van der Waals surface area contributed by atoms with Crippen molar-refractivity contribution in [3.05, 3.63) is 38.8 Å². The number of aryl methyl sites for hydroxylation is 1. The minimum Gasteiger partial charge on any atom is -0.305 e. The third-order valence-electron chi connectivity index (χ3n) is 2.67. The Morgan fingerprint density at radius 2 is 2.35 bits per heavy atom. The van der Waals surface area contributed by atoms with E-state index in [1.807, 2.05) is 10.9 Å². The van der Waals surface area contributed by atoms with Crippen LogP contribution in [0.25, 0.3) is 0 Å². The van der Waals surface area contributed by atoms with Crippen molar-refractivity contribution in [2.45, 2.75) is 26.4 Å². The molecule has 0 saturated carbocycles. The van der Waals surface area contributed by atoms with Gasteiger partial charge in [0, 0.05) is 12.7 Å². The second-order valence-corrected chi connectivity index (χ2v) is 6.04. The molecule has 1 N–H and O–H groups in total. The van der Waals surface area contributed by atoms with Crippen LogP contribution in [0, 0.1) is 0 Å². The Balaban J connectivity index is 2.35. The normalized spacial score (nSPS) is 12.9. The van der Waals surface area contributed by atoms with Crippen LogP contribution in [0.1, 0.15) is 31.1 Å². The summed E-state index contributed by atoms with van der Waals surface area (Å²) in [4.78, 5) is 0. The predicted molar refractivity (Wildman–Crippen MR) is 75.4 cm³/mol. The lowest BCUT2D eigenvalue weighted by Gasteiger charge is -2.18. The lowest BCUT2D eigenvalue weighted by molar-refractivity contribution is 0.543. The molecular weight excluding hydrogens is 298 g/mol. The van der Waals surface area contributed by atoms with E-state index >= 15 is 0 Å². The summed E-state index contributed by atoms with van der Waals surface area (Å²) in [6, 6.07) is 4.48. The molecule has 2 aromatic rings. The molecule has 1 unspecified atom stereocenters. The van der Waals surface area contributed by atoms with Crippen molar-refractivity contribution >= 4 is 27.3 Å². The van der Waals surface area contributed by atoms with Gasteiger partial charge in [0.15, 0.2) is 0 Å². The topological polar surface area (TPSA) is 29.9 Å². The number of hydrogen-bond acceptors (Lipinski definition) is 3. The molecule has 0 amide bonds. The fourth-order valence-electron chi connectivity index (χ4n) is 1.92. The van der Waals surface area contributed by atoms with E-state index in [1.165, 1.54) is 11.3 Å². The second-order valence-electron chi connectivity index (χ2n) is 3.75. The summed E-state index contributed by atoms with van der Waals surface area (Å²) < 4.78 is 3.21. The number of nitrogens with one attached hydrogen (secondary N) is 1. The summed E-state index contributed by atoms with van der Waals surface area (Å²) in [7, 11) is 0. The van der Waals surface area contributed by atoms with Gasteiger partial charge >= 0.3 is 0 Å². The second kappa shape index (κ2) is 5.80. The van der Waals surface area contributed by atoms with Gasteiger partial charge in [0.25, 0.3) is 0 Å². The maximum atomic E-state index is 4.34. The minimum absolute atomic E-state index is 0.227. The predicted octanol–water partition coefficient (Wildman–Crippen LogP) is 3.43. The summed E-state index contributed by atoms with van der Waals surface area (Å²) in [5, 5.41) is 10.0. The molecule has 0 bridgehead atoms. The number of hydrogen-bond donors (Lipinski definition) is 1. The van der Waals surface area contributed by atoms with E-state index in [2.05, 4.69) is 57.7 Å². The Kier molecular flexibility index (Phi) is 4.36. The van der Waals surface area contributed by atoms with E-state index in [0.29, 0.717) is 0 Å². The highest BCUT2D eigenvalue weighted by Crippen LogP contribution is 2.29. The Morgan fingerprint density at radius 1 is 1.53 bits per heavy atom. The van der Waals surface area contributed by atoms with Crippen molar-refractivity contribution in [3.63, 3.8) is 0 Å². The van der Waals surface area contributed by atoms with Crippen molar-refractivity contribution < 1.29 is 0 Å². The third kappa shape index (κ3) is 2.78. The molecular formula is C12H16BrN3S. The minimum atomic E-state index is 0.227. The van der Waals surface area contributed by atoms with Crippen molar-refractivity contribution in [2.24, 2.45) is 0 Å². The van der Waals surface area contributed by atoms with Crippen molar-refractivity contribution in [2.75, 3.05) is 6.54 Å². The average molecular weight is 314 g/mol. The molecule has 3 nitrogen and oxygen atoms in total. The largest absolute Gasteiger partial charge is 0.305 e. The smallest absolute Gasteiger partial charge is 0.0756 e. The van der Waals surface area contributed by atoms with Gasteiger partial charge in [0.1, 0.15) is 0 Å². The monoisotopic (exact) mass is 313 g/mol. The average Bonchev–Trinajstić information content (AvgIpc) is 2.94. The molecule has 0 aromatic carbocycles. The highest BCUT2D eigenvalue weighted by molar-refractivity contribution is 9.11. The summed E-state index contributed by atoms with van der Waals surface area (Å²) in [5.74, 6) is 0. The third-order valence-corrected chi connectivity index (χ3v) is 4.20. The van der Waals surface area contributed by atoms with Crippen LogP contribution in [0.5, 0.6) is 0 Å². The molecule has 5 heteroatoms. The maximum Gasteiger partial charge on any atom is 0.0756 e. The van der Waals surface area contributed by atoms with Gasteiger partial charge in [-0.2, -0.15) is 5.10 Å². The highest BCUT2D eigenvalue weighted by atomic mass is 79.9. The van der Waals surface area contributed by atoms with Gasteiger partial charge in [-0.3, -0.25) is 4.68 Å². The van der Waals surface area contributed by atoms with Crippen molar-refractivity contribution in [1.82, 2.24) is 15.1 Å². The number of nitrogens with zero attached hydrogens (tertiary/aromatic N) is 2. The van der Waals surface area contributed by atoms with Crippen LogP contribution in [0.15, 0.2) is 27.5 Å². The van der Waals surface area contributed by atoms with Crippen LogP contribution in [-0.4, -0.2) is 16.3 Å². The maximum absolute atomic E-state index is 4.34. The summed E-state index contributed by atoms with van der Waals surface area (Å²) in [5.41, 5.74) is 2.51. The zero-order valence-electron chi connectivity index (χ0n) is 9.98. The van der Waals surface area contributed by atoms with Gasteiger partial charge < -0.3 is 5.32 Å². The van der Waals surface area contributed by atoms with Crippen LogP contribution >= 0.6 is 27.3 Å². The highest BCUT2D eigenvalue weighted by Gasteiger charge is 2.17. The van der Waals surface area contributed by atoms with E-state index in [9.17, 15) is 0 Å². The number of rotatable bonds is 5. The van der Waals surface area contributed by atoms with Gasteiger partial charge in [-0.05, 0) is 52.5 Å². The molecule has 17 heavy (non-hydrogen) atoms. The summed E-state index contributed by atoms with van der Waals surface area (Å²) in [6.45, 7) is 6.08. The number of halogens is 1. The van der Waals surface area contributed by atoms with Crippen LogP contribution < -0.4 is 5.32 Å². The van der Waals surface area contributed by atoms with Crippen LogP contribution in [0.4, 0.5) is 0 Å². The lowest BCUT2D eigenvalue weighted by Crippen LogP contribution is -2.24. The SMILES string of the molecule is CCNC(c1csc(Br)c1)c1ccnn1CC. The standard InChI is InChI=1S/C12H16BrN3S/c1-3-14-12(9-7-11(13)17-8-9)10-5-6-15-16(10)4-2/h5-8,12,14H,3-4H2,1-2H3. The van der Waals surface area contributed by atoms with E-state index in [-0.39, 0.29) is 6.04 Å². The first-order chi connectivity index (χ1) is 8.26. The van der Waals surface area contributed by atoms with E-state index in [0.717, 1.165) is 16.9 Å². The Hall–Kier alpha value is -0.650.